The first-order chi connectivity index (χ1) is 10.3. The highest BCUT2D eigenvalue weighted by Gasteiger charge is 2.10. The minimum absolute atomic E-state index is 0.323. The van der Waals surface area contributed by atoms with E-state index in [0.29, 0.717) is 11.8 Å². The third-order valence-corrected chi connectivity index (χ3v) is 4.06. The summed E-state index contributed by atoms with van der Waals surface area (Å²) in [5.41, 5.74) is 2.42. The Labute approximate surface area is 128 Å². The molecule has 1 N–H and O–H groups in total. The van der Waals surface area contributed by atoms with E-state index in [4.69, 9.17) is 0 Å². The molecule has 3 heterocycles. The van der Waals surface area contributed by atoms with Gasteiger partial charge >= 0.3 is 0 Å². The molecule has 0 unspecified atom stereocenters. The predicted octanol–water partition coefficient (Wildman–Crippen LogP) is 3.18. The van der Waals surface area contributed by atoms with Crippen LogP contribution in [0.25, 0.3) is 5.78 Å². The number of nitrogens with zero attached hydrogens (tertiary/aromatic N) is 4. The van der Waals surface area contributed by atoms with Crippen molar-refractivity contribution in [3.63, 3.8) is 0 Å². The molecule has 5 nitrogen and oxygen atoms in total. The molecule has 3 aromatic rings. The summed E-state index contributed by atoms with van der Waals surface area (Å²) in [6.45, 7) is 4.34. The number of anilines is 1. The number of nitrogens with one attached hydrogen (secondary N) is 1. The van der Waals surface area contributed by atoms with Gasteiger partial charge in [0, 0.05) is 17.8 Å². The van der Waals surface area contributed by atoms with Crippen LogP contribution in [0.5, 0.6) is 0 Å². The van der Waals surface area contributed by atoms with E-state index in [9.17, 15) is 0 Å². The van der Waals surface area contributed by atoms with Gasteiger partial charge in [-0.25, -0.2) is 4.98 Å². The minimum atomic E-state index is 0.323. The molecule has 0 fully saturated rings. The third-order valence-electron chi connectivity index (χ3n) is 3.33. The van der Waals surface area contributed by atoms with Crippen LogP contribution in [0.3, 0.4) is 0 Å². The van der Waals surface area contributed by atoms with Crippen LogP contribution in [0.2, 0.25) is 0 Å². The van der Waals surface area contributed by atoms with Crippen molar-refractivity contribution in [3.05, 3.63) is 40.5 Å². The zero-order valence-electron chi connectivity index (χ0n) is 12.3. The first kappa shape index (κ1) is 14.0. The van der Waals surface area contributed by atoms with Crippen molar-refractivity contribution in [3.8, 4) is 0 Å². The van der Waals surface area contributed by atoms with E-state index in [2.05, 4.69) is 57.1 Å². The van der Waals surface area contributed by atoms with Gasteiger partial charge in [-0.15, -0.1) is 0 Å². The average Bonchev–Trinajstić information content (AvgIpc) is 3.09. The summed E-state index contributed by atoms with van der Waals surface area (Å²) in [5.74, 6) is 1.62. The summed E-state index contributed by atoms with van der Waals surface area (Å²) in [6, 6.07) is 4.57. The van der Waals surface area contributed by atoms with E-state index in [1.54, 1.807) is 22.2 Å². The molecule has 110 valence electrons. The number of fused-ring (bicyclic) bond motifs is 1. The van der Waals surface area contributed by atoms with Crippen molar-refractivity contribution in [2.75, 3.05) is 5.32 Å². The SMILES string of the molecule is CCCc1cc(N[C@@H](C)Cc2ccsc2)n2ncnc2n1. The molecule has 0 aliphatic heterocycles. The maximum Gasteiger partial charge on any atom is 0.254 e. The van der Waals surface area contributed by atoms with Crippen LogP contribution >= 0.6 is 11.3 Å². The highest BCUT2D eigenvalue weighted by atomic mass is 32.1. The maximum atomic E-state index is 4.52. The molecule has 0 bridgehead atoms. The normalized spacial score (nSPS) is 12.7. The van der Waals surface area contributed by atoms with Gasteiger partial charge < -0.3 is 5.32 Å². The van der Waals surface area contributed by atoms with Crippen molar-refractivity contribution >= 4 is 22.9 Å². The standard InChI is InChI=1S/C15H19N5S/c1-3-4-13-8-14(20-15(19-13)16-10-17-20)18-11(2)7-12-5-6-21-9-12/h5-6,8-11,18H,3-4,7H2,1-2H3/t11-/m0/s1. The smallest absolute Gasteiger partial charge is 0.254 e. The molecule has 0 saturated heterocycles. The van der Waals surface area contributed by atoms with Crippen LogP contribution in [0.15, 0.2) is 29.2 Å². The van der Waals surface area contributed by atoms with E-state index in [-0.39, 0.29) is 0 Å². The Morgan fingerprint density at radius 3 is 3.10 bits per heavy atom. The van der Waals surface area contributed by atoms with Gasteiger partial charge in [-0.2, -0.15) is 25.9 Å². The molecule has 0 aliphatic carbocycles. The van der Waals surface area contributed by atoms with Gasteiger partial charge in [0.15, 0.2) is 0 Å². The molecule has 0 aromatic carbocycles. The molecule has 0 spiro atoms. The Hall–Kier alpha value is -1.95. The van der Waals surface area contributed by atoms with Gasteiger partial charge in [0.05, 0.1) is 0 Å². The fraction of sp³-hybridized carbons (Fsp3) is 0.400. The van der Waals surface area contributed by atoms with E-state index in [0.717, 1.165) is 30.8 Å². The topological polar surface area (TPSA) is 55.1 Å². The van der Waals surface area contributed by atoms with Crippen molar-refractivity contribution in [2.45, 2.75) is 39.2 Å². The van der Waals surface area contributed by atoms with Gasteiger partial charge in [0.25, 0.3) is 5.78 Å². The van der Waals surface area contributed by atoms with Crippen molar-refractivity contribution < 1.29 is 0 Å². The lowest BCUT2D eigenvalue weighted by Crippen LogP contribution is -2.20. The fourth-order valence-electron chi connectivity index (χ4n) is 2.41. The second-order valence-corrected chi connectivity index (χ2v) is 6.02. The predicted molar refractivity (Wildman–Crippen MR) is 85.9 cm³/mol. The molecule has 0 saturated carbocycles. The monoisotopic (exact) mass is 301 g/mol. The van der Waals surface area contributed by atoms with Gasteiger partial charge in [0.1, 0.15) is 12.1 Å². The molecular formula is C15H19N5S. The quantitative estimate of drug-likeness (QED) is 0.760. The summed E-state index contributed by atoms with van der Waals surface area (Å²) < 4.78 is 1.77. The molecule has 3 aromatic heterocycles. The molecule has 1 atom stereocenters. The molecule has 0 aliphatic rings. The summed E-state index contributed by atoms with van der Waals surface area (Å²) in [7, 11) is 0. The van der Waals surface area contributed by atoms with Crippen molar-refractivity contribution in [2.24, 2.45) is 0 Å². The van der Waals surface area contributed by atoms with Crippen molar-refractivity contribution in [1.82, 2.24) is 19.6 Å². The largest absolute Gasteiger partial charge is 0.367 e. The number of aryl methyl sites for hydroxylation is 1. The van der Waals surface area contributed by atoms with E-state index < -0.39 is 0 Å². The molecular weight excluding hydrogens is 282 g/mol. The number of rotatable bonds is 6. The average molecular weight is 301 g/mol. The first-order valence-corrected chi connectivity index (χ1v) is 8.18. The van der Waals surface area contributed by atoms with Crippen LogP contribution in [-0.4, -0.2) is 25.6 Å². The van der Waals surface area contributed by atoms with Gasteiger partial charge in [-0.05, 0) is 42.2 Å². The fourth-order valence-corrected chi connectivity index (χ4v) is 3.10. The number of thiophene rings is 1. The summed E-state index contributed by atoms with van der Waals surface area (Å²) in [6.07, 6.45) is 4.57. The lowest BCUT2D eigenvalue weighted by atomic mass is 10.1. The van der Waals surface area contributed by atoms with Crippen LogP contribution in [0.4, 0.5) is 5.82 Å². The second kappa shape index (κ2) is 6.22. The highest BCUT2D eigenvalue weighted by Crippen LogP contribution is 2.15. The van der Waals surface area contributed by atoms with E-state index in [1.807, 2.05) is 0 Å². The molecule has 6 heteroatoms. The Morgan fingerprint density at radius 2 is 2.33 bits per heavy atom. The maximum absolute atomic E-state index is 4.52. The molecule has 3 rings (SSSR count). The second-order valence-electron chi connectivity index (χ2n) is 5.24. The molecule has 0 radical (unpaired) electrons. The van der Waals surface area contributed by atoms with Crippen LogP contribution in [0, 0.1) is 0 Å². The first-order valence-electron chi connectivity index (χ1n) is 7.23. The third kappa shape index (κ3) is 3.21. The zero-order chi connectivity index (χ0) is 14.7. The molecule has 0 amide bonds. The Kier molecular flexibility index (Phi) is 4.15. The zero-order valence-corrected chi connectivity index (χ0v) is 13.1. The molecule has 21 heavy (non-hydrogen) atoms. The van der Waals surface area contributed by atoms with E-state index >= 15 is 0 Å². The van der Waals surface area contributed by atoms with E-state index in [1.165, 1.54) is 5.56 Å². The summed E-state index contributed by atoms with van der Waals surface area (Å²) in [4.78, 5) is 8.73. The highest BCUT2D eigenvalue weighted by molar-refractivity contribution is 7.07. The van der Waals surface area contributed by atoms with Crippen LogP contribution in [0.1, 0.15) is 31.5 Å². The number of aromatic nitrogens is 4. The summed E-state index contributed by atoms with van der Waals surface area (Å²) in [5, 5.41) is 12.1. The van der Waals surface area contributed by atoms with Crippen molar-refractivity contribution in [1.29, 1.82) is 0 Å². The number of hydrogen-bond donors (Lipinski definition) is 1. The lowest BCUT2D eigenvalue weighted by molar-refractivity contribution is 0.768. The van der Waals surface area contributed by atoms with Gasteiger partial charge in [-0.1, -0.05) is 13.3 Å². The van der Waals surface area contributed by atoms with Crippen LogP contribution in [-0.2, 0) is 12.8 Å². The lowest BCUT2D eigenvalue weighted by Gasteiger charge is -2.16. The Balaban J connectivity index is 1.83. The Morgan fingerprint density at radius 1 is 1.43 bits per heavy atom. The van der Waals surface area contributed by atoms with Gasteiger partial charge in [-0.3, -0.25) is 0 Å². The number of hydrogen-bond acceptors (Lipinski definition) is 5. The minimum Gasteiger partial charge on any atom is -0.367 e. The van der Waals surface area contributed by atoms with Gasteiger partial charge in [0.2, 0.25) is 0 Å². The summed E-state index contributed by atoms with van der Waals surface area (Å²) >= 11 is 1.74. The Bertz CT molecular complexity index is 704. The van der Waals surface area contributed by atoms with Crippen LogP contribution < -0.4 is 5.32 Å².